The minimum Gasteiger partial charge on any atom is -0.496 e. The highest BCUT2D eigenvalue weighted by Crippen LogP contribution is 2.31. The van der Waals surface area contributed by atoms with Gasteiger partial charge in [0.2, 0.25) is 5.91 Å². The second-order valence-electron chi connectivity index (χ2n) is 6.04. The number of halogens is 3. The molecule has 0 aliphatic carbocycles. The molecule has 0 saturated carbocycles. The third-order valence-electron chi connectivity index (χ3n) is 4.01. The van der Waals surface area contributed by atoms with Crippen LogP contribution in [0.2, 0.25) is 0 Å². The summed E-state index contributed by atoms with van der Waals surface area (Å²) in [6.07, 6.45) is -3.28. The second kappa shape index (κ2) is 9.69. The number of methoxy groups -OCH3 is 1. The van der Waals surface area contributed by atoms with Crippen LogP contribution in [0.3, 0.4) is 0 Å². The molecule has 0 heterocycles. The zero-order valence-corrected chi connectivity index (χ0v) is 16.1. The van der Waals surface area contributed by atoms with Crippen LogP contribution in [0, 0.1) is 0 Å². The van der Waals surface area contributed by atoms with Gasteiger partial charge in [-0.1, -0.05) is 18.2 Å². The monoisotopic (exact) mass is 397 g/mol. The number of alkyl halides is 3. The Labute approximate surface area is 161 Å². The van der Waals surface area contributed by atoms with E-state index in [-0.39, 0.29) is 5.91 Å². The van der Waals surface area contributed by atoms with Crippen LogP contribution >= 0.6 is 11.8 Å². The van der Waals surface area contributed by atoms with Crippen LogP contribution in [-0.2, 0) is 17.5 Å². The highest BCUT2D eigenvalue weighted by molar-refractivity contribution is 7.99. The number of ether oxygens (including phenoxy) is 1. The maximum Gasteiger partial charge on any atom is 0.416 e. The molecule has 0 bridgehead atoms. The lowest BCUT2D eigenvalue weighted by atomic mass is 10.2. The highest BCUT2D eigenvalue weighted by atomic mass is 32.2. The average molecular weight is 397 g/mol. The minimum atomic E-state index is -4.32. The van der Waals surface area contributed by atoms with Gasteiger partial charge in [0, 0.05) is 30.5 Å². The molecule has 2 rings (SSSR count). The molecule has 0 aliphatic heterocycles. The Hall–Kier alpha value is -2.15. The van der Waals surface area contributed by atoms with Crippen molar-refractivity contribution >= 4 is 17.7 Å². The first-order valence-electron chi connectivity index (χ1n) is 8.47. The molecule has 0 atom stereocenters. The molecule has 2 aromatic rings. The molecular formula is C20H22F3NO2S. The molecule has 0 N–H and O–H groups in total. The second-order valence-corrected chi connectivity index (χ2v) is 7.20. The summed E-state index contributed by atoms with van der Waals surface area (Å²) in [5, 5.41) is 0. The number of carbonyl (C=O) groups is 1. The average Bonchev–Trinajstić information content (AvgIpc) is 2.65. The van der Waals surface area contributed by atoms with E-state index < -0.39 is 11.7 Å². The van der Waals surface area contributed by atoms with Crippen LogP contribution in [0.5, 0.6) is 5.75 Å². The van der Waals surface area contributed by atoms with Gasteiger partial charge in [0.15, 0.2) is 0 Å². The molecule has 0 saturated heterocycles. The van der Waals surface area contributed by atoms with Gasteiger partial charge in [-0.25, -0.2) is 0 Å². The maximum atomic E-state index is 12.5. The van der Waals surface area contributed by atoms with Crippen LogP contribution in [0.1, 0.15) is 24.0 Å². The Morgan fingerprint density at radius 1 is 1.11 bits per heavy atom. The fourth-order valence-electron chi connectivity index (χ4n) is 2.52. The van der Waals surface area contributed by atoms with Crippen molar-refractivity contribution in [3.05, 3.63) is 59.7 Å². The molecule has 0 fully saturated rings. The summed E-state index contributed by atoms with van der Waals surface area (Å²) >= 11 is 1.45. The standard InChI is InChI=1S/C20H22F3NO2S/c1-24(14-15-6-3-4-7-18(15)26-2)19(25)8-5-13-27-17-11-9-16(10-12-17)20(21,22)23/h3-4,6-7,9-12H,5,8,13-14H2,1-2H3. The summed E-state index contributed by atoms with van der Waals surface area (Å²) in [6, 6.07) is 12.6. The minimum absolute atomic E-state index is 0.0222. The molecule has 0 radical (unpaired) electrons. The predicted octanol–water partition coefficient (Wildman–Crippen LogP) is 5.24. The van der Waals surface area contributed by atoms with Crippen molar-refractivity contribution in [3.8, 4) is 5.75 Å². The van der Waals surface area contributed by atoms with E-state index in [1.807, 2.05) is 24.3 Å². The molecular weight excluding hydrogens is 375 g/mol. The van der Waals surface area contributed by atoms with E-state index in [2.05, 4.69) is 0 Å². The van der Waals surface area contributed by atoms with E-state index in [9.17, 15) is 18.0 Å². The van der Waals surface area contributed by atoms with Crippen LogP contribution in [0.4, 0.5) is 13.2 Å². The van der Waals surface area contributed by atoms with Gasteiger partial charge in [-0.05, 0) is 42.5 Å². The van der Waals surface area contributed by atoms with Crippen molar-refractivity contribution in [2.24, 2.45) is 0 Å². The number of thioether (sulfide) groups is 1. The number of hydrogen-bond acceptors (Lipinski definition) is 3. The van der Waals surface area contributed by atoms with Crippen LogP contribution in [0.15, 0.2) is 53.4 Å². The van der Waals surface area contributed by atoms with Gasteiger partial charge >= 0.3 is 6.18 Å². The number of nitrogens with zero attached hydrogens (tertiary/aromatic N) is 1. The largest absolute Gasteiger partial charge is 0.496 e. The summed E-state index contributed by atoms with van der Waals surface area (Å²) in [5.41, 5.74) is 0.287. The summed E-state index contributed by atoms with van der Waals surface area (Å²) in [4.78, 5) is 14.7. The van der Waals surface area contributed by atoms with Crippen molar-refractivity contribution in [2.45, 2.75) is 30.5 Å². The van der Waals surface area contributed by atoms with Gasteiger partial charge in [0.25, 0.3) is 0 Å². The summed E-state index contributed by atoms with van der Waals surface area (Å²) in [7, 11) is 3.34. The van der Waals surface area contributed by atoms with E-state index in [0.29, 0.717) is 25.1 Å². The molecule has 2 aromatic carbocycles. The molecule has 0 aliphatic rings. The van der Waals surface area contributed by atoms with Crippen LogP contribution in [-0.4, -0.2) is 30.7 Å². The smallest absolute Gasteiger partial charge is 0.416 e. The Morgan fingerprint density at radius 2 is 1.78 bits per heavy atom. The van der Waals surface area contributed by atoms with Gasteiger partial charge in [-0.2, -0.15) is 13.2 Å². The number of hydrogen-bond donors (Lipinski definition) is 0. The molecule has 146 valence electrons. The third-order valence-corrected chi connectivity index (χ3v) is 5.11. The Bertz CT molecular complexity index is 748. The van der Waals surface area contributed by atoms with E-state index >= 15 is 0 Å². The molecule has 1 amide bonds. The van der Waals surface area contributed by atoms with Gasteiger partial charge in [-0.15, -0.1) is 11.8 Å². The molecule has 27 heavy (non-hydrogen) atoms. The van der Waals surface area contributed by atoms with E-state index in [0.717, 1.165) is 28.3 Å². The molecule has 0 aromatic heterocycles. The van der Waals surface area contributed by atoms with Crippen molar-refractivity contribution in [2.75, 3.05) is 19.9 Å². The Balaban J connectivity index is 1.75. The van der Waals surface area contributed by atoms with Crippen molar-refractivity contribution < 1.29 is 22.7 Å². The number of para-hydroxylation sites is 1. The van der Waals surface area contributed by atoms with Gasteiger partial charge in [-0.3, -0.25) is 4.79 Å². The number of rotatable bonds is 8. The fourth-order valence-corrected chi connectivity index (χ4v) is 3.37. The van der Waals surface area contributed by atoms with E-state index in [1.165, 1.54) is 23.9 Å². The molecule has 0 unspecified atom stereocenters. The summed E-state index contributed by atoms with van der Waals surface area (Å²) in [5.74, 6) is 1.43. The van der Waals surface area contributed by atoms with Crippen molar-refractivity contribution in [3.63, 3.8) is 0 Å². The van der Waals surface area contributed by atoms with Gasteiger partial charge < -0.3 is 9.64 Å². The van der Waals surface area contributed by atoms with Crippen molar-refractivity contribution in [1.82, 2.24) is 4.90 Å². The first-order chi connectivity index (χ1) is 12.8. The Kier molecular flexibility index (Phi) is 7.59. The zero-order valence-electron chi connectivity index (χ0n) is 15.3. The molecule has 3 nitrogen and oxygen atoms in total. The summed E-state index contributed by atoms with van der Waals surface area (Å²) in [6.45, 7) is 0.467. The Morgan fingerprint density at radius 3 is 2.41 bits per heavy atom. The highest BCUT2D eigenvalue weighted by Gasteiger charge is 2.29. The maximum absolute atomic E-state index is 12.5. The summed E-state index contributed by atoms with van der Waals surface area (Å²) < 4.78 is 42.9. The van der Waals surface area contributed by atoms with Crippen LogP contribution < -0.4 is 4.74 Å². The van der Waals surface area contributed by atoms with E-state index in [4.69, 9.17) is 4.74 Å². The molecule has 0 spiro atoms. The predicted molar refractivity (Wildman–Crippen MR) is 101 cm³/mol. The van der Waals surface area contributed by atoms with Gasteiger partial charge in [0.05, 0.1) is 12.7 Å². The van der Waals surface area contributed by atoms with Crippen molar-refractivity contribution in [1.29, 1.82) is 0 Å². The third kappa shape index (κ3) is 6.50. The number of benzene rings is 2. The number of amides is 1. The quantitative estimate of drug-likeness (QED) is 0.450. The fraction of sp³-hybridized carbons (Fsp3) is 0.350. The van der Waals surface area contributed by atoms with Gasteiger partial charge in [0.1, 0.15) is 5.75 Å². The zero-order chi connectivity index (χ0) is 19.9. The lowest BCUT2D eigenvalue weighted by Gasteiger charge is -2.18. The lowest BCUT2D eigenvalue weighted by molar-refractivity contribution is -0.137. The van der Waals surface area contributed by atoms with Crippen LogP contribution in [0.25, 0.3) is 0 Å². The normalized spacial score (nSPS) is 11.3. The first kappa shape index (κ1) is 21.2. The lowest BCUT2D eigenvalue weighted by Crippen LogP contribution is -2.26. The SMILES string of the molecule is COc1ccccc1CN(C)C(=O)CCCSc1ccc(C(F)(F)F)cc1. The topological polar surface area (TPSA) is 29.5 Å². The first-order valence-corrected chi connectivity index (χ1v) is 9.45. The van der Waals surface area contributed by atoms with E-state index in [1.54, 1.807) is 19.1 Å². The molecule has 7 heteroatoms. The number of carbonyl (C=O) groups excluding carboxylic acids is 1.